The highest BCUT2D eigenvalue weighted by molar-refractivity contribution is 8.18. The van der Waals surface area contributed by atoms with E-state index in [1.165, 1.54) is 0 Å². The normalized spacial score (nSPS) is 15.7. The molecule has 0 fully saturated rings. The molecule has 1 heterocycles. The molecule has 0 bridgehead atoms. The van der Waals surface area contributed by atoms with Gasteiger partial charge in [-0.1, -0.05) is 41.4 Å². The number of amides is 1. The molecule has 2 aromatic rings. The van der Waals surface area contributed by atoms with Crippen molar-refractivity contribution < 1.29 is 9.53 Å². The monoisotopic (exact) mass is 378 g/mol. The summed E-state index contributed by atoms with van der Waals surface area (Å²) in [4.78, 5) is 15.8. The van der Waals surface area contributed by atoms with Crippen molar-refractivity contribution in [2.24, 2.45) is 10.7 Å². The number of hydrogen-bond acceptors (Lipinski definition) is 4. The number of benzene rings is 2. The number of thioether (sulfide) groups is 1. The minimum atomic E-state index is -0.322. The Morgan fingerprint density at radius 2 is 2.04 bits per heavy atom. The SMILES string of the molecule is NC1=NC(=O)/C(=C\c2cccc(OCc3ccc(Cl)cc3Cl)c2)S1. The van der Waals surface area contributed by atoms with Gasteiger partial charge in [0.05, 0.1) is 4.91 Å². The van der Waals surface area contributed by atoms with Gasteiger partial charge in [-0.05, 0) is 47.7 Å². The Bertz CT molecular complexity index is 865. The molecule has 7 heteroatoms. The van der Waals surface area contributed by atoms with Gasteiger partial charge in [0, 0.05) is 15.6 Å². The van der Waals surface area contributed by atoms with E-state index in [2.05, 4.69) is 4.99 Å². The zero-order valence-corrected chi connectivity index (χ0v) is 14.7. The maximum absolute atomic E-state index is 11.6. The Morgan fingerprint density at radius 1 is 1.21 bits per heavy atom. The van der Waals surface area contributed by atoms with Crippen LogP contribution in [0.3, 0.4) is 0 Å². The van der Waals surface area contributed by atoms with E-state index in [-0.39, 0.29) is 11.1 Å². The Labute approximate surface area is 153 Å². The van der Waals surface area contributed by atoms with E-state index >= 15 is 0 Å². The Hall–Kier alpha value is -1.95. The number of nitrogens with two attached hydrogens (primary N) is 1. The van der Waals surface area contributed by atoms with Crippen LogP contribution in [0.2, 0.25) is 10.0 Å². The summed E-state index contributed by atoms with van der Waals surface area (Å²) in [6, 6.07) is 12.6. The molecule has 0 radical (unpaired) electrons. The lowest BCUT2D eigenvalue weighted by Gasteiger charge is -2.09. The zero-order chi connectivity index (χ0) is 17.1. The molecule has 0 saturated carbocycles. The smallest absolute Gasteiger partial charge is 0.286 e. The molecule has 0 aliphatic carbocycles. The van der Waals surface area contributed by atoms with Crippen molar-refractivity contribution in [2.75, 3.05) is 0 Å². The molecular weight excluding hydrogens is 367 g/mol. The van der Waals surface area contributed by atoms with Crippen LogP contribution in [-0.4, -0.2) is 11.1 Å². The van der Waals surface area contributed by atoms with Crippen LogP contribution in [0.15, 0.2) is 52.4 Å². The van der Waals surface area contributed by atoms with Crippen molar-refractivity contribution in [3.8, 4) is 5.75 Å². The second kappa shape index (κ2) is 7.30. The Balaban J connectivity index is 1.72. The summed E-state index contributed by atoms with van der Waals surface area (Å²) in [6.45, 7) is 0.319. The summed E-state index contributed by atoms with van der Waals surface area (Å²) >= 11 is 13.2. The van der Waals surface area contributed by atoms with Crippen LogP contribution >= 0.6 is 35.0 Å². The number of ether oxygens (including phenoxy) is 1. The van der Waals surface area contributed by atoms with E-state index in [4.69, 9.17) is 33.7 Å². The number of rotatable bonds is 4. The number of nitrogens with zero attached hydrogens (tertiary/aromatic N) is 1. The summed E-state index contributed by atoms with van der Waals surface area (Å²) in [5.41, 5.74) is 7.21. The summed E-state index contributed by atoms with van der Waals surface area (Å²) in [5, 5.41) is 1.40. The van der Waals surface area contributed by atoms with Crippen LogP contribution in [0.25, 0.3) is 6.08 Å². The highest BCUT2D eigenvalue weighted by atomic mass is 35.5. The van der Waals surface area contributed by atoms with Gasteiger partial charge in [0.2, 0.25) is 0 Å². The molecule has 0 saturated heterocycles. The third kappa shape index (κ3) is 4.12. The predicted molar refractivity (Wildman–Crippen MR) is 99.4 cm³/mol. The summed E-state index contributed by atoms with van der Waals surface area (Å²) < 4.78 is 5.76. The maximum atomic E-state index is 11.6. The molecule has 4 nitrogen and oxygen atoms in total. The number of amidine groups is 1. The first-order valence-corrected chi connectivity index (χ1v) is 8.53. The third-order valence-corrected chi connectivity index (χ3v) is 4.60. The predicted octanol–water partition coefficient (Wildman–Crippen LogP) is 4.50. The molecule has 1 aliphatic heterocycles. The minimum absolute atomic E-state index is 0.260. The molecule has 2 N–H and O–H groups in total. The molecule has 1 aliphatic rings. The average molecular weight is 379 g/mol. The van der Waals surface area contributed by atoms with Crippen molar-refractivity contribution >= 4 is 52.1 Å². The van der Waals surface area contributed by atoms with Crippen LogP contribution in [-0.2, 0) is 11.4 Å². The lowest BCUT2D eigenvalue weighted by Crippen LogP contribution is -2.01. The van der Waals surface area contributed by atoms with Crippen LogP contribution < -0.4 is 10.5 Å². The van der Waals surface area contributed by atoms with Crippen molar-refractivity contribution in [3.63, 3.8) is 0 Å². The quantitative estimate of drug-likeness (QED) is 0.795. The molecule has 0 unspecified atom stereocenters. The molecule has 1 amide bonds. The molecule has 122 valence electrons. The second-order valence-electron chi connectivity index (χ2n) is 4.96. The molecule has 0 atom stereocenters. The summed E-state index contributed by atoms with van der Waals surface area (Å²) in [6.07, 6.45) is 1.73. The lowest BCUT2D eigenvalue weighted by molar-refractivity contribution is -0.113. The van der Waals surface area contributed by atoms with E-state index < -0.39 is 0 Å². The highest BCUT2D eigenvalue weighted by Crippen LogP contribution is 2.28. The van der Waals surface area contributed by atoms with E-state index in [0.29, 0.717) is 27.3 Å². The second-order valence-corrected chi connectivity index (χ2v) is 6.87. The first-order valence-electron chi connectivity index (χ1n) is 6.96. The van der Waals surface area contributed by atoms with Gasteiger partial charge < -0.3 is 10.5 Å². The zero-order valence-electron chi connectivity index (χ0n) is 12.3. The highest BCUT2D eigenvalue weighted by Gasteiger charge is 2.19. The van der Waals surface area contributed by atoms with Gasteiger partial charge in [-0.15, -0.1) is 0 Å². The van der Waals surface area contributed by atoms with Crippen LogP contribution in [0.5, 0.6) is 5.75 Å². The van der Waals surface area contributed by atoms with Crippen molar-refractivity contribution in [2.45, 2.75) is 6.61 Å². The first kappa shape index (κ1) is 16.9. The van der Waals surface area contributed by atoms with Gasteiger partial charge in [-0.2, -0.15) is 4.99 Å². The van der Waals surface area contributed by atoms with Crippen LogP contribution in [0, 0.1) is 0 Å². The Kier molecular flexibility index (Phi) is 5.14. The van der Waals surface area contributed by atoms with Crippen molar-refractivity contribution in [3.05, 3.63) is 68.5 Å². The van der Waals surface area contributed by atoms with Gasteiger partial charge in [0.15, 0.2) is 5.17 Å². The minimum Gasteiger partial charge on any atom is -0.489 e. The van der Waals surface area contributed by atoms with Crippen LogP contribution in [0.1, 0.15) is 11.1 Å². The van der Waals surface area contributed by atoms with E-state index in [1.54, 1.807) is 18.2 Å². The number of aliphatic imine (C=N–C) groups is 1. The van der Waals surface area contributed by atoms with Gasteiger partial charge in [0.25, 0.3) is 5.91 Å². The first-order chi connectivity index (χ1) is 11.5. The van der Waals surface area contributed by atoms with Crippen molar-refractivity contribution in [1.82, 2.24) is 0 Å². The number of halogens is 2. The average Bonchev–Trinajstić information content (AvgIpc) is 2.84. The number of carbonyl (C=O) groups is 1. The van der Waals surface area contributed by atoms with Crippen LogP contribution in [0.4, 0.5) is 0 Å². The van der Waals surface area contributed by atoms with Crippen molar-refractivity contribution in [1.29, 1.82) is 0 Å². The van der Waals surface area contributed by atoms with E-state index in [9.17, 15) is 4.79 Å². The number of hydrogen-bond donors (Lipinski definition) is 1. The topological polar surface area (TPSA) is 64.7 Å². The fraction of sp³-hybridized carbons (Fsp3) is 0.0588. The van der Waals surface area contributed by atoms with Gasteiger partial charge in [0.1, 0.15) is 12.4 Å². The molecule has 2 aromatic carbocycles. The fourth-order valence-corrected chi connectivity index (χ4v) is 3.22. The number of carbonyl (C=O) groups excluding carboxylic acids is 1. The summed E-state index contributed by atoms with van der Waals surface area (Å²) in [5.74, 6) is 0.344. The van der Waals surface area contributed by atoms with E-state index in [1.807, 2.05) is 30.3 Å². The third-order valence-electron chi connectivity index (χ3n) is 3.20. The Morgan fingerprint density at radius 3 is 2.75 bits per heavy atom. The lowest BCUT2D eigenvalue weighted by atomic mass is 10.2. The maximum Gasteiger partial charge on any atom is 0.286 e. The largest absolute Gasteiger partial charge is 0.489 e. The molecule has 3 rings (SSSR count). The van der Waals surface area contributed by atoms with E-state index in [0.717, 1.165) is 22.9 Å². The molecular formula is C17H12Cl2N2O2S. The molecule has 0 aromatic heterocycles. The molecule has 0 spiro atoms. The molecule has 24 heavy (non-hydrogen) atoms. The standard InChI is InChI=1S/C17H12Cl2N2O2S/c18-12-5-4-11(14(19)8-12)9-23-13-3-1-2-10(6-13)7-15-16(22)21-17(20)24-15/h1-8H,9H2,(H2,20,21,22)/b15-7+. The van der Waals surface area contributed by atoms with Gasteiger partial charge in [-0.3, -0.25) is 4.79 Å². The van der Waals surface area contributed by atoms with Gasteiger partial charge in [-0.25, -0.2) is 0 Å². The summed E-state index contributed by atoms with van der Waals surface area (Å²) in [7, 11) is 0. The fourth-order valence-electron chi connectivity index (χ4n) is 2.07. The van der Waals surface area contributed by atoms with Gasteiger partial charge >= 0.3 is 0 Å².